The maximum Gasteiger partial charge on any atom is 0.335 e. The van der Waals surface area contributed by atoms with Crippen LogP contribution in [0, 0.1) is 0 Å². The van der Waals surface area contributed by atoms with E-state index in [1.165, 1.54) is 51.4 Å². The van der Waals surface area contributed by atoms with Gasteiger partial charge >= 0.3 is 5.97 Å². The van der Waals surface area contributed by atoms with Crippen molar-refractivity contribution >= 4 is 5.97 Å². The van der Waals surface area contributed by atoms with Crippen molar-refractivity contribution in [3.63, 3.8) is 0 Å². The largest absolute Gasteiger partial charge is 0.479 e. The van der Waals surface area contributed by atoms with Gasteiger partial charge in [0.25, 0.3) is 0 Å². The summed E-state index contributed by atoms with van der Waals surface area (Å²) in [6, 6.07) is 0. The molecule has 0 amide bonds. The Kier molecular flexibility index (Phi) is 10.9. The number of carboxylic acids is 1. The van der Waals surface area contributed by atoms with Gasteiger partial charge in [0.05, 0.1) is 0 Å². The van der Waals surface area contributed by atoms with Gasteiger partial charge in [-0.1, -0.05) is 64.7 Å². The zero-order valence-electron chi connectivity index (χ0n) is 13.0. The lowest BCUT2D eigenvalue weighted by atomic mass is 10.1. The number of hydrogen-bond acceptors (Lipinski definition) is 2. The number of unbranched alkanes of at least 4 members (excludes halogenated alkanes) is 9. The van der Waals surface area contributed by atoms with E-state index in [1.54, 1.807) is 13.8 Å². The highest BCUT2D eigenvalue weighted by Crippen LogP contribution is 2.13. The molecule has 0 aromatic carbocycles. The number of carboxylic acid groups (broad SMARTS) is 1. The highest BCUT2D eigenvalue weighted by molar-refractivity contribution is 5.76. The van der Waals surface area contributed by atoms with E-state index < -0.39 is 11.6 Å². The van der Waals surface area contributed by atoms with Crippen LogP contribution in [0.15, 0.2) is 0 Å². The van der Waals surface area contributed by atoms with Crippen molar-refractivity contribution in [1.29, 1.82) is 0 Å². The first-order valence-electron chi connectivity index (χ1n) is 7.88. The number of hydrogen-bond donors (Lipinski definition) is 1. The van der Waals surface area contributed by atoms with Crippen molar-refractivity contribution in [2.45, 2.75) is 90.6 Å². The van der Waals surface area contributed by atoms with Crippen LogP contribution < -0.4 is 0 Å². The molecule has 0 rings (SSSR count). The Labute approximate surface area is 118 Å². The monoisotopic (exact) mass is 272 g/mol. The second kappa shape index (κ2) is 11.3. The van der Waals surface area contributed by atoms with Crippen LogP contribution in [0.5, 0.6) is 0 Å². The number of ether oxygens (including phenoxy) is 1. The van der Waals surface area contributed by atoms with E-state index in [-0.39, 0.29) is 0 Å². The molecule has 19 heavy (non-hydrogen) atoms. The lowest BCUT2D eigenvalue weighted by molar-refractivity contribution is -0.161. The molecular formula is C16H32O3. The SMILES string of the molecule is CCCCCCCCCCCCOC(C)(C)C(=O)O. The zero-order chi connectivity index (χ0) is 14.6. The summed E-state index contributed by atoms with van der Waals surface area (Å²) >= 11 is 0. The van der Waals surface area contributed by atoms with Gasteiger partial charge in [0.15, 0.2) is 5.60 Å². The average Bonchev–Trinajstić information content (AvgIpc) is 2.35. The summed E-state index contributed by atoms with van der Waals surface area (Å²) in [5.74, 6) is -0.889. The molecule has 0 heterocycles. The Hall–Kier alpha value is -0.570. The molecule has 0 unspecified atom stereocenters. The first-order chi connectivity index (χ1) is 9.00. The first-order valence-corrected chi connectivity index (χ1v) is 7.88. The van der Waals surface area contributed by atoms with Gasteiger partial charge in [0.2, 0.25) is 0 Å². The van der Waals surface area contributed by atoms with Crippen LogP contribution in [-0.4, -0.2) is 23.3 Å². The lowest BCUT2D eigenvalue weighted by Crippen LogP contribution is -2.35. The topological polar surface area (TPSA) is 46.5 Å². The molecule has 114 valence electrons. The fourth-order valence-electron chi connectivity index (χ4n) is 1.98. The molecular weight excluding hydrogens is 240 g/mol. The van der Waals surface area contributed by atoms with Crippen molar-refractivity contribution in [2.75, 3.05) is 6.61 Å². The van der Waals surface area contributed by atoms with Gasteiger partial charge in [-0.05, 0) is 20.3 Å². The third kappa shape index (κ3) is 11.0. The van der Waals surface area contributed by atoms with Crippen molar-refractivity contribution < 1.29 is 14.6 Å². The molecule has 0 saturated heterocycles. The highest BCUT2D eigenvalue weighted by Gasteiger charge is 2.27. The summed E-state index contributed by atoms with van der Waals surface area (Å²) in [4.78, 5) is 10.8. The van der Waals surface area contributed by atoms with Gasteiger partial charge in [0, 0.05) is 6.61 Å². The number of aliphatic carboxylic acids is 1. The molecule has 0 atom stereocenters. The fraction of sp³-hybridized carbons (Fsp3) is 0.938. The van der Waals surface area contributed by atoms with Gasteiger partial charge in [-0.3, -0.25) is 0 Å². The maximum atomic E-state index is 10.8. The van der Waals surface area contributed by atoms with E-state index in [2.05, 4.69) is 6.92 Å². The van der Waals surface area contributed by atoms with E-state index in [4.69, 9.17) is 9.84 Å². The molecule has 0 spiro atoms. The van der Waals surface area contributed by atoms with E-state index in [1.807, 2.05) is 0 Å². The molecule has 3 nitrogen and oxygen atoms in total. The van der Waals surface area contributed by atoms with E-state index in [0.717, 1.165) is 12.8 Å². The van der Waals surface area contributed by atoms with Gasteiger partial charge in [-0.2, -0.15) is 0 Å². The Morgan fingerprint density at radius 3 is 1.74 bits per heavy atom. The second-order valence-electron chi connectivity index (χ2n) is 5.85. The Morgan fingerprint density at radius 2 is 1.32 bits per heavy atom. The molecule has 0 fully saturated rings. The lowest BCUT2D eigenvalue weighted by Gasteiger charge is -2.19. The molecule has 0 bridgehead atoms. The van der Waals surface area contributed by atoms with Crippen molar-refractivity contribution in [2.24, 2.45) is 0 Å². The predicted octanol–water partition coefficient (Wildman–Crippen LogP) is 4.79. The summed E-state index contributed by atoms with van der Waals surface area (Å²) in [5.41, 5.74) is -1.04. The third-order valence-corrected chi connectivity index (χ3v) is 3.48. The van der Waals surface area contributed by atoms with E-state index >= 15 is 0 Å². The molecule has 0 aromatic heterocycles. The zero-order valence-corrected chi connectivity index (χ0v) is 13.0. The molecule has 0 aliphatic rings. The van der Waals surface area contributed by atoms with Crippen molar-refractivity contribution in [3.8, 4) is 0 Å². The summed E-state index contributed by atoms with van der Waals surface area (Å²) in [7, 11) is 0. The summed E-state index contributed by atoms with van der Waals surface area (Å²) in [5, 5.41) is 8.88. The van der Waals surface area contributed by atoms with Crippen LogP contribution in [0.4, 0.5) is 0 Å². The maximum absolute atomic E-state index is 10.8. The summed E-state index contributed by atoms with van der Waals surface area (Å²) in [6.45, 7) is 6.00. The molecule has 0 radical (unpaired) electrons. The van der Waals surface area contributed by atoms with E-state index in [0.29, 0.717) is 6.61 Å². The van der Waals surface area contributed by atoms with Crippen molar-refractivity contribution in [3.05, 3.63) is 0 Å². The van der Waals surface area contributed by atoms with Crippen LogP contribution in [0.1, 0.15) is 85.0 Å². The molecule has 0 aliphatic heterocycles. The Bertz CT molecular complexity index is 224. The van der Waals surface area contributed by atoms with Gasteiger partial charge in [0.1, 0.15) is 0 Å². The standard InChI is InChI=1S/C16H32O3/c1-4-5-6-7-8-9-10-11-12-13-14-19-16(2,3)15(17)18/h4-14H2,1-3H3,(H,17,18). The van der Waals surface area contributed by atoms with Crippen LogP contribution >= 0.6 is 0 Å². The number of carbonyl (C=O) groups is 1. The Balaban J connectivity index is 3.21. The van der Waals surface area contributed by atoms with Crippen LogP contribution in [-0.2, 0) is 9.53 Å². The normalized spacial score (nSPS) is 11.7. The van der Waals surface area contributed by atoms with Gasteiger partial charge in [-0.15, -0.1) is 0 Å². The average molecular weight is 272 g/mol. The third-order valence-electron chi connectivity index (χ3n) is 3.48. The highest BCUT2D eigenvalue weighted by atomic mass is 16.5. The van der Waals surface area contributed by atoms with Gasteiger partial charge < -0.3 is 9.84 Å². The second-order valence-corrected chi connectivity index (χ2v) is 5.85. The molecule has 3 heteroatoms. The minimum atomic E-state index is -1.04. The number of rotatable bonds is 13. The molecule has 0 saturated carbocycles. The molecule has 0 aliphatic carbocycles. The minimum Gasteiger partial charge on any atom is -0.479 e. The van der Waals surface area contributed by atoms with Gasteiger partial charge in [-0.25, -0.2) is 4.79 Å². The van der Waals surface area contributed by atoms with Crippen LogP contribution in [0.2, 0.25) is 0 Å². The minimum absolute atomic E-state index is 0.551. The molecule has 0 aromatic rings. The quantitative estimate of drug-likeness (QED) is 0.490. The van der Waals surface area contributed by atoms with Crippen LogP contribution in [0.25, 0.3) is 0 Å². The smallest absolute Gasteiger partial charge is 0.335 e. The first kappa shape index (κ1) is 18.4. The molecule has 1 N–H and O–H groups in total. The summed E-state index contributed by atoms with van der Waals surface area (Å²) < 4.78 is 5.36. The summed E-state index contributed by atoms with van der Waals surface area (Å²) in [6.07, 6.45) is 12.8. The van der Waals surface area contributed by atoms with Crippen LogP contribution in [0.3, 0.4) is 0 Å². The predicted molar refractivity (Wildman–Crippen MR) is 79.5 cm³/mol. The fourth-order valence-corrected chi connectivity index (χ4v) is 1.98. The Morgan fingerprint density at radius 1 is 0.895 bits per heavy atom. The van der Waals surface area contributed by atoms with Crippen molar-refractivity contribution in [1.82, 2.24) is 0 Å². The van der Waals surface area contributed by atoms with E-state index in [9.17, 15) is 4.79 Å².